The van der Waals surface area contributed by atoms with Crippen LogP contribution in [0.2, 0.25) is 0 Å². The molecular formula is C21H24O5. The van der Waals surface area contributed by atoms with Crippen molar-refractivity contribution in [1.29, 1.82) is 0 Å². The third-order valence-electron chi connectivity index (χ3n) is 4.09. The first-order valence-electron chi connectivity index (χ1n) is 8.51. The van der Waals surface area contributed by atoms with E-state index in [1.165, 1.54) is 7.11 Å². The van der Waals surface area contributed by atoms with Crippen LogP contribution in [0, 0.1) is 6.92 Å². The summed E-state index contributed by atoms with van der Waals surface area (Å²) >= 11 is 0. The molecule has 5 heteroatoms. The summed E-state index contributed by atoms with van der Waals surface area (Å²) in [6, 6.07) is 13.1. The maximum atomic E-state index is 12.0. The molecule has 0 aliphatic heterocycles. The minimum Gasteiger partial charge on any atom is -0.496 e. The highest BCUT2D eigenvalue weighted by molar-refractivity contribution is 5.72. The molecular weight excluding hydrogens is 332 g/mol. The van der Waals surface area contributed by atoms with Crippen molar-refractivity contribution in [3.8, 4) is 11.5 Å². The number of methoxy groups -OCH3 is 2. The molecule has 0 aliphatic rings. The monoisotopic (exact) mass is 356 g/mol. The summed E-state index contributed by atoms with van der Waals surface area (Å²) in [6.07, 6.45) is 1.80. The van der Waals surface area contributed by atoms with Crippen molar-refractivity contribution in [3.63, 3.8) is 0 Å². The number of hydrogen-bond acceptors (Lipinski definition) is 5. The van der Waals surface area contributed by atoms with Crippen LogP contribution in [0.3, 0.4) is 0 Å². The second-order valence-electron chi connectivity index (χ2n) is 6.00. The van der Waals surface area contributed by atoms with Gasteiger partial charge >= 0.3 is 11.9 Å². The lowest BCUT2D eigenvalue weighted by molar-refractivity contribution is -0.140. The Kier molecular flexibility index (Phi) is 7.21. The minimum atomic E-state index is -0.285. The molecule has 26 heavy (non-hydrogen) atoms. The molecule has 0 heterocycles. The van der Waals surface area contributed by atoms with Crippen molar-refractivity contribution >= 4 is 11.9 Å². The van der Waals surface area contributed by atoms with Crippen LogP contribution in [-0.2, 0) is 27.2 Å². The number of hydrogen-bond donors (Lipinski definition) is 0. The summed E-state index contributed by atoms with van der Waals surface area (Å²) in [4.78, 5) is 23.2. The molecule has 2 aromatic rings. The van der Waals surface area contributed by atoms with Crippen LogP contribution in [0.4, 0.5) is 0 Å². The van der Waals surface area contributed by atoms with Gasteiger partial charge in [-0.1, -0.05) is 24.3 Å². The van der Waals surface area contributed by atoms with Crippen molar-refractivity contribution in [1.82, 2.24) is 0 Å². The molecule has 0 aliphatic carbocycles. The minimum absolute atomic E-state index is 0.242. The molecule has 0 radical (unpaired) electrons. The largest absolute Gasteiger partial charge is 0.496 e. The average Bonchev–Trinajstić information content (AvgIpc) is 2.66. The third-order valence-corrected chi connectivity index (χ3v) is 4.09. The summed E-state index contributed by atoms with van der Waals surface area (Å²) in [5.41, 5.74) is 3.08. The molecule has 0 fully saturated rings. The topological polar surface area (TPSA) is 61.8 Å². The number of carbonyl (C=O) groups excluding carboxylic acids is 2. The number of aryl methyl sites for hydroxylation is 3. The summed E-state index contributed by atoms with van der Waals surface area (Å²) in [6.45, 7) is 1.98. The second-order valence-corrected chi connectivity index (χ2v) is 6.00. The van der Waals surface area contributed by atoms with Crippen LogP contribution in [-0.4, -0.2) is 26.2 Å². The Bertz CT molecular complexity index is 749. The van der Waals surface area contributed by atoms with Gasteiger partial charge in [-0.3, -0.25) is 9.59 Å². The van der Waals surface area contributed by atoms with E-state index in [2.05, 4.69) is 4.74 Å². The van der Waals surface area contributed by atoms with Gasteiger partial charge in [-0.2, -0.15) is 0 Å². The average molecular weight is 356 g/mol. The Morgan fingerprint density at radius 2 is 1.46 bits per heavy atom. The fraction of sp³-hybridized carbons (Fsp3) is 0.333. The Labute approximate surface area is 153 Å². The molecule has 0 amide bonds. The zero-order valence-corrected chi connectivity index (χ0v) is 15.4. The van der Waals surface area contributed by atoms with Gasteiger partial charge in [-0.05, 0) is 54.7 Å². The molecule has 0 saturated carbocycles. The highest BCUT2D eigenvalue weighted by Crippen LogP contribution is 2.20. The van der Waals surface area contributed by atoms with E-state index in [9.17, 15) is 9.59 Å². The maximum absolute atomic E-state index is 12.0. The number of esters is 2. The van der Waals surface area contributed by atoms with E-state index >= 15 is 0 Å². The Balaban J connectivity index is 1.83. The number of rotatable bonds is 8. The van der Waals surface area contributed by atoms with Gasteiger partial charge in [0.25, 0.3) is 0 Å². The van der Waals surface area contributed by atoms with Gasteiger partial charge in [0.15, 0.2) is 0 Å². The first-order valence-corrected chi connectivity index (χ1v) is 8.51. The summed E-state index contributed by atoms with van der Waals surface area (Å²) < 4.78 is 15.3. The fourth-order valence-corrected chi connectivity index (χ4v) is 2.52. The first-order chi connectivity index (χ1) is 12.5. The molecule has 0 aromatic heterocycles. The van der Waals surface area contributed by atoms with Gasteiger partial charge in [0, 0.05) is 12.8 Å². The number of benzene rings is 2. The molecule has 5 nitrogen and oxygen atoms in total. The number of carbonyl (C=O) groups is 2. The van der Waals surface area contributed by atoms with Crippen LogP contribution in [0.15, 0.2) is 42.5 Å². The van der Waals surface area contributed by atoms with Crippen molar-refractivity contribution in [2.45, 2.75) is 32.6 Å². The van der Waals surface area contributed by atoms with Gasteiger partial charge in [0.2, 0.25) is 0 Å². The smallest absolute Gasteiger partial charge is 0.311 e. The van der Waals surface area contributed by atoms with E-state index < -0.39 is 0 Å². The van der Waals surface area contributed by atoms with Crippen LogP contribution < -0.4 is 9.47 Å². The van der Waals surface area contributed by atoms with Crippen molar-refractivity contribution < 1.29 is 23.8 Å². The second kappa shape index (κ2) is 9.61. The first kappa shape index (κ1) is 19.5. The molecule has 0 bridgehead atoms. The molecule has 0 atom stereocenters. The Morgan fingerprint density at radius 3 is 2.12 bits per heavy atom. The predicted octanol–water partition coefficient (Wildman–Crippen LogP) is 3.65. The molecule has 2 rings (SSSR count). The van der Waals surface area contributed by atoms with Gasteiger partial charge in [-0.15, -0.1) is 0 Å². The van der Waals surface area contributed by atoms with Crippen LogP contribution >= 0.6 is 0 Å². The normalized spacial score (nSPS) is 10.3. The van der Waals surface area contributed by atoms with Gasteiger partial charge in [-0.25, -0.2) is 0 Å². The van der Waals surface area contributed by atoms with Crippen molar-refractivity contribution in [3.05, 3.63) is 59.2 Å². The number of ether oxygens (including phenoxy) is 3. The highest BCUT2D eigenvalue weighted by atomic mass is 16.5. The SMILES string of the molecule is COC(=O)CCc1ccc(OC(=O)CCc2ccc(C)c(OC)c2)cc1. The maximum Gasteiger partial charge on any atom is 0.311 e. The Hall–Kier alpha value is -2.82. The van der Waals surface area contributed by atoms with Gasteiger partial charge in [0.05, 0.1) is 14.2 Å². The molecule has 0 unspecified atom stereocenters. The predicted molar refractivity (Wildman–Crippen MR) is 98.5 cm³/mol. The van der Waals surface area contributed by atoms with Crippen molar-refractivity contribution in [2.24, 2.45) is 0 Å². The highest BCUT2D eigenvalue weighted by Gasteiger charge is 2.08. The fourth-order valence-electron chi connectivity index (χ4n) is 2.52. The summed E-state index contributed by atoms with van der Waals surface area (Å²) in [5, 5.41) is 0. The lowest BCUT2D eigenvalue weighted by Crippen LogP contribution is -2.09. The molecule has 0 spiro atoms. The van der Waals surface area contributed by atoms with Gasteiger partial charge < -0.3 is 14.2 Å². The Morgan fingerprint density at radius 1 is 0.846 bits per heavy atom. The molecule has 2 aromatic carbocycles. The van der Waals surface area contributed by atoms with E-state index in [-0.39, 0.29) is 18.4 Å². The quantitative estimate of drug-likeness (QED) is 0.534. The van der Waals surface area contributed by atoms with E-state index in [4.69, 9.17) is 9.47 Å². The molecule has 138 valence electrons. The van der Waals surface area contributed by atoms with E-state index in [1.807, 2.05) is 37.3 Å². The zero-order chi connectivity index (χ0) is 18.9. The van der Waals surface area contributed by atoms with Crippen LogP contribution in [0.1, 0.15) is 29.5 Å². The van der Waals surface area contributed by atoms with E-state index in [1.54, 1.807) is 19.2 Å². The lowest BCUT2D eigenvalue weighted by atomic mass is 10.1. The molecule has 0 N–H and O–H groups in total. The third kappa shape index (κ3) is 5.92. The molecule has 0 saturated heterocycles. The van der Waals surface area contributed by atoms with Crippen LogP contribution in [0.25, 0.3) is 0 Å². The zero-order valence-electron chi connectivity index (χ0n) is 15.4. The van der Waals surface area contributed by atoms with E-state index in [0.29, 0.717) is 25.0 Å². The van der Waals surface area contributed by atoms with E-state index in [0.717, 1.165) is 22.4 Å². The van der Waals surface area contributed by atoms with Crippen LogP contribution in [0.5, 0.6) is 11.5 Å². The van der Waals surface area contributed by atoms with Crippen molar-refractivity contribution in [2.75, 3.05) is 14.2 Å². The summed E-state index contributed by atoms with van der Waals surface area (Å²) in [5.74, 6) is 0.789. The lowest BCUT2D eigenvalue weighted by Gasteiger charge is -2.08. The standard InChI is InChI=1S/C21H24O5/c1-15-4-5-17(14-19(15)24-2)9-13-21(23)26-18-10-6-16(7-11-18)8-12-20(22)25-3/h4-7,10-11,14H,8-9,12-13H2,1-3H3. The van der Waals surface area contributed by atoms with Gasteiger partial charge in [0.1, 0.15) is 11.5 Å². The summed E-state index contributed by atoms with van der Waals surface area (Å²) in [7, 11) is 3.01.